The zero-order chi connectivity index (χ0) is 15.9. The number of hydrogen-bond acceptors (Lipinski definition) is 4. The summed E-state index contributed by atoms with van der Waals surface area (Å²) in [5.41, 5.74) is 1.09. The number of nitrogens with one attached hydrogen (secondary N) is 2. The van der Waals surface area contributed by atoms with Crippen LogP contribution in [0.3, 0.4) is 0 Å². The Balaban J connectivity index is 2.78. The Morgan fingerprint density at radius 3 is 2.67 bits per heavy atom. The number of amides is 1. The van der Waals surface area contributed by atoms with Crippen LogP contribution in [0.15, 0.2) is 23.1 Å². The molecular formula is C14H22N2O4S. The molecule has 0 heterocycles. The molecule has 1 rings (SSSR count). The predicted molar refractivity (Wildman–Crippen MR) is 80.9 cm³/mol. The maximum absolute atomic E-state index is 12.1. The Morgan fingerprint density at radius 2 is 2.05 bits per heavy atom. The molecule has 0 saturated carbocycles. The van der Waals surface area contributed by atoms with E-state index in [4.69, 9.17) is 4.74 Å². The summed E-state index contributed by atoms with van der Waals surface area (Å²) in [5, 5.41) is 2.76. The second kappa shape index (κ2) is 8.11. The van der Waals surface area contributed by atoms with Crippen molar-refractivity contribution >= 4 is 15.9 Å². The Labute approximate surface area is 125 Å². The van der Waals surface area contributed by atoms with Crippen LogP contribution >= 0.6 is 0 Å². The lowest BCUT2D eigenvalue weighted by Gasteiger charge is -2.10. The van der Waals surface area contributed by atoms with E-state index < -0.39 is 10.0 Å². The second-order valence-electron chi connectivity index (χ2n) is 4.49. The standard InChI is InChI=1S/C14H22N2O4S/c1-4-20-9-5-8-16-14(17)13-10-12(7-6-11(13)2)21(18,19)15-3/h6-7,10,15H,4-5,8-9H2,1-3H3,(H,16,17). The van der Waals surface area contributed by atoms with E-state index in [1.54, 1.807) is 13.0 Å². The first-order valence-corrected chi connectivity index (χ1v) is 8.30. The minimum absolute atomic E-state index is 0.0788. The van der Waals surface area contributed by atoms with Crippen LogP contribution in [-0.2, 0) is 14.8 Å². The van der Waals surface area contributed by atoms with E-state index in [1.807, 2.05) is 6.92 Å². The van der Waals surface area contributed by atoms with Gasteiger partial charge in [0.25, 0.3) is 5.91 Å². The Hall–Kier alpha value is -1.44. The number of sulfonamides is 1. The first-order chi connectivity index (χ1) is 9.92. The van der Waals surface area contributed by atoms with E-state index in [1.165, 1.54) is 19.2 Å². The summed E-state index contributed by atoms with van der Waals surface area (Å²) >= 11 is 0. The van der Waals surface area contributed by atoms with Crippen LogP contribution in [0.5, 0.6) is 0 Å². The summed E-state index contributed by atoms with van der Waals surface area (Å²) in [5.74, 6) is -0.280. The molecule has 0 radical (unpaired) electrons. The molecule has 21 heavy (non-hydrogen) atoms. The van der Waals surface area contributed by atoms with Crippen molar-refractivity contribution in [3.63, 3.8) is 0 Å². The molecule has 0 aliphatic heterocycles. The van der Waals surface area contributed by atoms with Crippen molar-refractivity contribution in [2.45, 2.75) is 25.2 Å². The van der Waals surface area contributed by atoms with Crippen molar-refractivity contribution in [2.75, 3.05) is 26.8 Å². The number of benzene rings is 1. The van der Waals surface area contributed by atoms with Crippen LogP contribution in [0.1, 0.15) is 29.3 Å². The molecule has 2 N–H and O–H groups in total. The molecule has 0 atom stereocenters. The highest BCUT2D eigenvalue weighted by atomic mass is 32.2. The lowest BCUT2D eigenvalue weighted by atomic mass is 10.1. The van der Waals surface area contributed by atoms with Crippen LogP contribution in [0.25, 0.3) is 0 Å². The average Bonchev–Trinajstić information content (AvgIpc) is 2.47. The zero-order valence-corrected chi connectivity index (χ0v) is 13.4. The van der Waals surface area contributed by atoms with Crippen molar-refractivity contribution in [1.82, 2.24) is 10.0 Å². The van der Waals surface area contributed by atoms with Crippen LogP contribution in [0.4, 0.5) is 0 Å². The van der Waals surface area contributed by atoms with Gasteiger partial charge in [-0.15, -0.1) is 0 Å². The van der Waals surface area contributed by atoms with Crippen LogP contribution < -0.4 is 10.0 Å². The highest BCUT2D eigenvalue weighted by Crippen LogP contribution is 2.15. The van der Waals surface area contributed by atoms with E-state index in [-0.39, 0.29) is 10.8 Å². The van der Waals surface area contributed by atoms with E-state index in [9.17, 15) is 13.2 Å². The van der Waals surface area contributed by atoms with Gasteiger partial charge < -0.3 is 10.1 Å². The van der Waals surface area contributed by atoms with Gasteiger partial charge in [0, 0.05) is 25.3 Å². The van der Waals surface area contributed by atoms with Crippen molar-refractivity contribution in [3.05, 3.63) is 29.3 Å². The predicted octanol–water partition coefficient (Wildman–Crippen LogP) is 1.06. The third kappa shape index (κ3) is 5.11. The fourth-order valence-electron chi connectivity index (χ4n) is 1.75. The Bertz CT molecular complexity index is 585. The molecule has 118 valence electrons. The lowest BCUT2D eigenvalue weighted by molar-refractivity contribution is 0.0943. The first-order valence-electron chi connectivity index (χ1n) is 6.82. The van der Waals surface area contributed by atoms with Gasteiger partial charge in [-0.05, 0) is 45.0 Å². The quantitative estimate of drug-likeness (QED) is 0.703. The first kappa shape index (κ1) is 17.6. The Morgan fingerprint density at radius 1 is 1.33 bits per heavy atom. The molecule has 1 amide bonds. The van der Waals surface area contributed by atoms with Crippen LogP contribution in [0, 0.1) is 6.92 Å². The molecule has 0 fully saturated rings. The van der Waals surface area contributed by atoms with Gasteiger partial charge in [-0.3, -0.25) is 4.79 Å². The van der Waals surface area contributed by atoms with Gasteiger partial charge in [0.1, 0.15) is 0 Å². The van der Waals surface area contributed by atoms with Gasteiger partial charge in [0.2, 0.25) is 10.0 Å². The fourth-order valence-corrected chi connectivity index (χ4v) is 2.50. The van der Waals surface area contributed by atoms with Gasteiger partial charge in [-0.25, -0.2) is 13.1 Å². The third-order valence-electron chi connectivity index (χ3n) is 2.99. The number of rotatable bonds is 8. The summed E-state index contributed by atoms with van der Waals surface area (Å²) in [6.45, 7) is 5.41. The average molecular weight is 314 g/mol. The minimum Gasteiger partial charge on any atom is -0.382 e. The summed E-state index contributed by atoms with van der Waals surface area (Å²) in [6, 6.07) is 4.49. The van der Waals surface area contributed by atoms with Crippen molar-refractivity contribution < 1.29 is 17.9 Å². The van der Waals surface area contributed by atoms with E-state index >= 15 is 0 Å². The molecule has 0 unspecified atom stereocenters. The van der Waals surface area contributed by atoms with E-state index in [2.05, 4.69) is 10.0 Å². The van der Waals surface area contributed by atoms with Crippen molar-refractivity contribution in [3.8, 4) is 0 Å². The molecule has 0 saturated heterocycles. The highest BCUT2D eigenvalue weighted by Gasteiger charge is 2.16. The molecule has 0 bridgehead atoms. The second-order valence-corrected chi connectivity index (χ2v) is 6.38. The summed E-state index contributed by atoms with van der Waals surface area (Å²) in [6.07, 6.45) is 0.715. The SMILES string of the molecule is CCOCCCNC(=O)c1cc(S(=O)(=O)NC)ccc1C. The Kier molecular flexibility index (Phi) is 6.80. The number of carbonyl (C=O) groups is 1. The smallest absolute Gasteiger partial charge is 0.251 e. The van der Waals surface area contributed by atoms with Crippen molar-refractivity contribution in [1.29, 1.82) is 0 Å². The minimum atomic E-state index is -3.55. The topological polar surface area (TPSA) is 84.5 Å². The maximum Gasteiger partial charge on any atom is 0.251 e. The molecule has 1 aromatic carbocycles. The molecule has 6 nitrogen and oxygen atoms in total. The number of aryl methyl sites for hydroxylation is 1. The normalized spacial score (nSPS) is 11.4. The lowest BCUT2D eigenvalue weighted by Crippen LogP contribution is -2.26. The molecule has 0 aromatic heterocycles. The fraction of sp³-hybridized carbons (Fsp3) is 0.500. The van der Waals surface area contributed by atoms with Gasteiger partial charge in [-0.2, -0.15) is 0 Å². The van der Waals surface area contributed by atoms with E-state index in [0.29, 0.717) is 31.7 Å². The van der Waals surface area contributed by atoms with Gasteiger partial charge in [0.15, 0.2) is 0 Å². The molecular weight excluding hydrogens is 292 g/mol. The van der Waals surface area contributed by atoms with Gasteiger partial charge in [-0.1, -0.05) is 6.07 Å². The molecule has 0 spiro atoms. The maximum atomic E-state index is 12.1. The number of carbonyl (C=O) groups excluding carboxylic acids is 1. The monoisotopic (exact) mass is 314 g/mol. The molecule has 0 aliphatic carbocycles. The summed E-state index contributed by atoms with van der Waals surface area (Å²) < 4.78 is 30.9. The zero-order valence-electron chi connectivity index (χ0n) is 12.6. The third-order valence-corrected chi connectivity index (χ3v) is 4.40. The highest BCUT2D eigenvalue weighted by molar-refractivity contribution is 7.89. The largest absolute Gasteiger partial charge is 0.382 e. The summed E-state index contributed by atoms with van der Waals surface area (Å²) in [4.78, 5) is 12.2. The van der Waals surface area contributed by atoms with Gasteiger partial charge in [0.05, 0.1) is 4.90 Å². The van der Waals surface area contributed by atoms with Crippen LogP contribution in [0.2, 0.25) is 0 Å². The number of hydrogen-bond donors (Lipinski definition) is 2. The molecule has 0 aliphatic rings. The molecule has 1 aromatic rings. The summed E-state index contributed by atoms with van der Waals surface area (Å²) in [7, 11) is -2.22. The molecule has 7 heteroatoms. The number of ether oxygens (including phenoxy) is 1. The van der Waals surface area contributed by atoms with Crippen LogP contribution in [-0.4, -0.2) is 41.1 Å². The van der Waals surface area contributed by atoms with E-state index in [0.717, 1.165) is 5.56 Å². The van der Waals surface area contributed by atoms with Gasteiger partial charge >= 0.3 is 0 Å². The van der Waals surface area contributed by atoms with Crippen molar-refractivity contribution in [2.24, 2.45) is 0 Å².